The Morgan fingerprint density at radius 2 is 1.74 bits per heavy atom. The molecule has 0 saturated heterocycles. The highest BCUT2D eigenvalue weighted by atomic mass is 15.5. The Hall–Kier alpha value is -2.95. The lowest BCUT2D eigenvalue weighted by Crippen LogP contribution is -1.99. The van der Waals surface area contributed by atoms with E-state index in [0.717, 1.165) is 28.0 Å². The van der Waals surface area contributed by atoms with Crippen LogP contribution in [-0.4, -0.2) is 25.2 Å². The molecule has 23 heavy (non-hydrogen) atoms. The third-order valence-corrected chi connectivity index (χ3v) is 4.38. The molecule has 0 aliphatic rings. The van der Waals surface area contributed by atoms with Gasteiger partial charge in [0.25, 0.3) is 0 Å². The van der Waals surface area contributed by atoms with Crippen LogP contribution in [0.3, 0.4) is 0 Å². The average molecular weight is 303 g/mol. The number of tetrazole rings is 1. The highest BCUT2D eigenvalue weighted by Gasteiger charge is 2.16. The molecule has 0 aliphatic carbocycles. The van der Waals surface area contributed by atoms with E-state index in [2.05, 4.69) is 65.5 Å². The van der Waals surface area contributed by atoms with Crippen molar-refractivity contribution in [2.75, 3.05) is 0 Å². The van der Waals surface area contributed by atoms with E-state index in [-0.39, 0.29) is 0 Å². The number of H-pyrrole nitrogens is 1. The summed E-state index contributed by atoms with van der Waals surface area (Å²) >= 11 is 0. The minimum absolute atomic E-state index is 0.739. The lowest BCUT2D eigenvalue weighted by atomic mass is 10.0. The maximum atomic E-state index is 4.24. The number of aryl methyl sites for hydroxylation is 3. The molecule has 0 spiro atoms. The number of benzene rings is 2. The molecule has 2 heterocycles. The van der Waals surface area contributed by atoms with E-state index < -0.39 is 0 Å². The lowest BCUT2D eigenvalue weighted by molar-refractivity contribution is 0.791. The number of fused-ring (bicyclic) bond motifs is 1. The fraction of sp³-hybridized carbons (Fsp3) is 0.167. The first-order chi connectivity index (χ1) is 11.1. The van der Waals surface area contributed by atoms with Crippen molar-refractivity contribution in [2.24, 2.45) is 0 Å². The molecule has 0 unspecified atom stereocenters. The van der Waals surface area contributed by atoms with Gasteiger partial charge in [0, 0.05) is 22.7 Å². The summed E-state index contributed by atoms with van der Waals surface area (Å²) < 4.78 is 1.78. The van der Waals surface area contributed by atoms with E-state index in [1.165, 1.54) is 16.7 Å². The standard InChI is InChI=1S/C18H17N5/c1-11-4-7-14(8-5-11)23-18(20-21-22-23)16-10-19-17-13(3)12(2)6-9-15(16)17/h4-10,19H,1-3H3. The molecule has 5 nitrogen and oxygen atoms in total. The van der Waals surface area contributed by atoms with Crippen molar-refractivity contribution in [2.45, 2.75) is 20.8 Å². The Balaban J connectivity index is 1.92. The molecule has 114 valence electrons. The smallest absolute Gasteiger partial charge is 0.189 e. The highest BCUT2D eigenvalue weighted by Crippen LogP contribution is 2.30. The Morgan fingerprint density at radius 3 is 2.52 bits per heavy atom. The Morgan fingerprint density at radius 1 is 0.957 bits per heavy atom. The van der Waals surface area contributed by atoms with Gasteiger partial charge in [-0.3, -0.25) is 0 Å². The first-order valence-electron chi connectivity index (χ1n) is 7.58. The summed E-state index contributed by atoms with van der Waals surface area (Å²) in [6, 6.07) is 12.4. The van der Waals surface area contributed by atoms with Crippen molar-refractivity contribution in [1.29, 1.82) is 0 Å². The first-order valence-corrected chi connectivity index (χ1v) is 7.58. The molecule has 0 atom stereocenters. The Bertz CT molecular complexity index is 992. The second-order valence-electron chi connectivity index (χ2n) is 5.88. The predicted octanol–water partition coefficient (Wildman–Crippen LogP) is 3.74. The van der Waals surface area contributed by atoms with Crippen molar-refractivity contribution >= 4 is 10.9 Å². The Kier molecular flexibility index (Phi) is 3.01. The minimum Gasteiger partial charge on any atom is -0.360 e. The molecular weight excluding hydrogens is 286 g/mol. The fourth-order valence-electron chi connectivity index (χ4n) is 2.85. The molecule has 0 radical (unpaired) electrons. The summed E-state index contributed by atoms with van der Waals surface area (Å²) in [6.07, 6.45) is 1.98. The summed E-state index contributed by atoms with van der Waals surface area (Å²) in [5.74, 6) is 0.739. The van der Waals surface area contributed by atoms with Crippen LogP contribution in [-0.2, 0) is 0 Å². The molecule has 1 N–H and O–H groups in total. The van der Waals surface area contributed by atoms with Gasteiger partial charge in [-0.25, -0.2) is 0 Å². The van der Waals surface area contributed by atoms with Gasteiger partial charge in [0.15, 0.2) is 5.82 Å². The van der Waals surface area contributed by atoms with Gasteiger partial charge in [-0.2, -0.15) is 4.68 Å². The summed E-state index contributed by atoms with van der Waals surface area (Å²) in [5, 5.41) is 13.4. The van der Waals surface area contributed by atoms with Crippen LogP contribution < -0.4 is 0 Å². The zero-order valence-corrected chi connectivity index (χ0v) is 13.3. The summed E-state index contributed by atoms with van der Waals surface area (Å²) in [7, 11) is 0. The molecule has 2 aromatic heterocycles. The maximum Gasteiger partial charge on any atom is 0.189 e. The number of aromatic amines is 1. The van der Waals surface area contributed by atoms with Crippen molar-refractivity contribution < 1.29 is 0 Å². The number of hydrogen-bond donors (Lipinski definition) is 1. The molecule has 4 aromatic rings. The van der Waals surface area contributed by atoms with Gasteiger partial charge in [0.2, 0.25) is 0 Å². The van der Waals surface area contributed by atoms with Gasteiger partial charge >= 0.3 is 0 Å². The van der Waals surface area contributed by atoms with E-state index in [0.29, 0.717) is 0 Å². The number of hydrogen-bond acceptors (Lipinski definition) is 3. The Labute approximate surface area is 134 Å². The quantitative estimate of drug-likeness (QED) is 0.613. The molecular formula is C18H17N5. The molecule has 2 aromatic carbocycles. The van der Waals surface area contributed by atoms with Crippen molar-refractivity contribution in [3.63, 3.8) is 0 Å². The highest BCUT2D eigenvalue weighted by molar-refractivity contribution is 5.96. The second kappa shape index (κ2) is 5.05. The molecule has 0 bridgehead atoms. The van der Waals surface area contributed by atoms with Crippen LogP contribution in [0.1, 0.15) is 16.7 Å². The van der Waals surface area contributed by atoms with Gasteiger partial charge in [-0.15, -0.1) is 5.10 Å². The third kappa shape index (κ3) is 2.12. The molecule has 0 saturated carbocycles. The van der Waals surface area contributed by atoms with E-state index >= 15 is 0 Å². The number of nitrogens with zero attached hydrogens (tertiary/aromatic N) is 4. The van der Waals surface area contributed by atoms with Crippen LogP contribution in [0.2, 0.25) is 0 Å². The largest absolute Gasteiger partial charge is 0.360 e. The number of rotatable bonds is 2. The zero-order chi connectivity index (χ0) is 16.0. The first kappa shape index (κ1) is 13.7. The van der Waals surface area contributed by atoms with Crippen LogP contribution in [0.25, 0.3) is 28.0 Å². The molecule has 4 rings (SSSR count). The number of aromatic nitrogens is 5. The fourth-order valence-corrected chi connectivity index (χ4v) is 2.85. The van der Waals surface area contributed by atoms with Crippen LogP contribution >= 0.6 is 0 Å². The van der Waals surface area contributed by atoms with Crippen LogP contribution in [0.4, 0.5) is 0 Å². The van der Waals surface area contributed by atoms with Crippen LogP contribution in [0.5, 0.6) is 0 Å². The second-order valence-corrected chi connectivity index (χ2v) is 5.88. The predicted molar refractivity (Wildman–Crippen MR) is 90.7 cm³/mol. The van der Waals surface area contributed by atoms with E-state index in [4.69, 9.17) is 0 Å². The van der Waals surface area contributed by atoms with E-state index in [1.807, 2.05) is 18.3 Å². The SMILES string of the molecule is Cc1ccc(-n2nnnc2-c2c[nH]c3c(C)c(C)ccc23)cc1. The maximum absolute atomic E-state index is 4.24. The molecule has 5 heteroatoms. The summed E-state index contributed by atoms with van der Waals surface area (Å²) in [4.78, 5) is 3.36. The lowest BCUT2D eigenvalue weighted by Gasteiger charge is -2.05. The monoisotopic (exact) mass is 303 g/mol. The average Bonchev–Trinajstić information content (AvgIpc) is 3.18. The van der Waals surface area contributed by atoms with Crippen molar-refractivity contribution in [3.8, 4) is 17.1 Å². The normalized spacial score (nSPS) is 11.3. The van der Waals surface area contributed by atoms with Gasteiger partial charge in [-0.05, 0) is 54.5 Å². The molecule has 0 amide bonds. The van der Waals surface area contributed by atoms with Gasteiger partial charge in [-0.1, -0.05) is 29.8 Å². The molecule has 0 aliphatic heterocycles. The van der Waals surface area contributed by atoms with Gasteiger partial charge < -0.3 is 4.98 Å². The minimum atomic E-state index is 0.739. The van der Waals surface area contributed by atoms with E-state index in [1.54, 1.807) is 4.68 Å². The molecule has 0 fully saturated rings. The van der Waals surface area contributed by atoms with Crippen molar-refractivity contribution in [1.82, 2.24) is 25.2 Å². The topological polar surface area (TPSA) is 59.4 Å². The van der Waals surface area contributed by atoms with Gasteiger partial charge in [0.1, 0.15) is 0 Å². The van der Waals surface area contributed by atoms with E-state index in [9.17, 15) is 0 Å². The van der Waals surface area contributed by atoms with Crippen LogP contribution in [0, 0.1) is 20.8 Å². The van der Waals surface area contributed by atoms with Gasteiger partial charge in [0.05, 0.1) is 5.69 Å². The number of nitrogens with one attached hydrogen (secondary N) is 1. The van der Waals surface area contributed by atoms with Crippen LogP contribution in [0.15, 0.2) is 42.6 Å². The summed E-state index contributed by atoms with van der Waals surface area (Å²) in [5.41, 5.74) is 6.83. The summed E-state index contributed by atoms with van der Waals surface area (Å²) in [6.45, 7) is 6.31. The van der Waals surface area contributed by atoms with Crippen molar-refractivity contribution in [3.05, 3.63) is 59.3 Å². The zero-order valence-electron chi connectivity index (χ0n) is 13.3. The third-order valence-electron chi connectivity index (χ3n) is 4.38.